The summed E-state index contributed by atoms with van der Waals surface area (Å²) in [5.74, 6) is 1.59. The van der Waals surface area contributed by atoms with Crippen LogP contribution in [0.2, 0.25) is 0 Å². The molecule has 1 saturated carbocycles. The lowest BCUT2D eigenvalue weighted by atomic mass is 9.87. The van der Waals surface area contributed by atoms with Gasteiger partial charge in [0, 0.05) is 0 Å². The Morgan fingerprint density at radius 1 is 1.56 bits per heavy atom. The van der Waals surface area contributed by atoms with E-state index in [2.05, 4.69) is 12.2 Å². The predicted octanol–water partition coefficient (Wildman–Crippen LogP) is 2.48. The zero-order valence-electron chi connectivity index (χ0n) is 9.86. The minimum atomic E-state index is -0.0838. The first-order valence-corrected chi connectivity index (χ1v) is 6.20. The first-order chi connectivity index (χ1) is 7.75. The second-order valence-electron chi connectivity index (χ2n) is 4.83. The quantitative estimate of drug-likeness (QED) is 0.824. The maximum atomic E-state index is 9.58. The van der Waals surface area contributed by atoms with E-state index in [1.54, 1.807) is 6.26 Å². The third kappa shape index (κ3) is 3.09. The van der Waals surface area contributed by atoms with Crippen LogP contribution in [0.25, 0.3) is 0 Å². The number of nitrogens with one attached hydrogen (secondary N) is 1. The number of hydrogen-bond acceptors (Lipinski definition) is 3. The molecule has 0 amide bonds. The summed E-state index contributed by atoms with van der Waals surface area (Å²) in [6.07, 6.45) is 5.93. The van der Waals surface area contributed by atoms with E-state index in [-0.39, 0.29) is 12.1 Å². The van der Waals surface area contributed by atoms with Crippen molar-refractivity contribution in [2.45, 2.75) is 44.8 Å². The van der Waals surface area contributed by atoms with E-state index >= 15 is 0 Å². The van der Waals surface area contributed by atoms with Gasteiger partial charge in [0.15, 0.2) is 0 Å². The van der Waals surface area contributed by atoms with Crippen molar-refractivity contribution in [2.75, 3.05) is 6.54 Å². The highest BCUT2D eigenvalue weighted by molar-refractivity contribution is 5.02. The molecule has 16 heavy (non-hydrogen) atoms. The fourth-order valence-electron chi connectivity index (χ4n) is 2.43. The van der Waals surface area contributed by atoms with Crippen LogP contribution in [0.5, 0.6) is 0 Å². The van der Waals surface area contributed by atoms with Crippen molar-refractivity contribution in [3.05, 3.63) is 24.2 Å². The molecule has 0 spiro atoms. The molecule has 3 heteroatoms. The van der Waals surface area contributed by atoms with E-state index in [1.165, 1.54) is 6.42 Å². The van der Waals surface area contributed by atoms with Gasteiger partial charge < -0.3 is 14.8 Å². The lowest BCUT2D eigenvalue weighted by molar-refractivity contribution is 0.0995. The molecule has 1 aliphatic rings. The summed E-state index contributed by atoms with van der Waals surface area (Å²) in [5.41, 5.74) is 0. The highest BCUT2D eigenvalue weighted by Crippen LogP contribution is 2.24. The maximum Gasteiger partial charge on any atom is 0.120 e. The molecule has 0 saturated heterocycles. The molecule has 1 heterocycles. The minimum absolute atomic E-state index is 0.0838. The number of aliphatic hydroxyl groups is 1. The first kappa shape index (κ1) is 11.7. The van der Waals surface area contributed by atoms with Crippen LogP contribution in [0.4, 0.5) is 0 Å². The molecule has 3 nitrogen and oxygen atoms in total. The average Bonchev–Trinajstić information content (AvgIpc) is 2.79. The van der Waals surface area contributed by atoms with Crippen LogP contribution in [0.15, 0.2) is 22.8 Å². The zero-order chi connectivity index (χ0) is 11.4. The molecular formula is C13H21NO2. The molecule has 90 valence electrons. The summed E-state index contributed by atoms with van der Waals surface area (Å²) < 4.78 is 5.34. The van der Waals surface area contributed by atoms with Gasteiger partial charge in [0.1, 0.15) is 5.76 Å². The molecule has 2 rings (SSSR count). The van der Waals surface area contributed by atoms with Crippen LogP contribution < -0.4 is 5.32 Å². The number of hydrogen-bond donors (Lipinski definition) is 2. The SMILES string of the molecule is CC(NCC1CCCC(O)C1)c1ccco1. The molecule has 0 radical (unpaired) electrons. The van der Waals surface area contributed by atoms with Crippen LogP contribution in [0, 0.1) is 5.92 Å². The molecule has 1 aromatic heterocycles. The number of rotatable bonds is 4. The summed E-state index contributed by atoms with van der Waals surface area (Å²) in [5, 5.41) is 13.1. The van der Waals surface area contributed by atoms with Gasteiger partial charge in [-0.3, -0.25) is 0 Å². The zero-order valence-corrected chi connectivity index (χ0v) is 9.86. The molecule has 1 aromatic rings. The number of aliphatic hydroxyl groups excluding tert-OH is 1. The Bertz CT molecular complexity index is 297. The van der Waals surface area contributed by atoms with Gasteiger partial charge in [-0.25, -0.2) is 0 Å². The molecule has 0 bridgehead atoms. The molecule has 0 aliphatic heterocycles. The fourth-order valence-corrected chi connectivity index (χ4v) is 2.43. The van der Waals surface area contributed by atoms with Crippen LogP contribution in [-0.2, 0) is 0 Å². The second-order valence-corrected chi connectivity index (χ2v) is 4.83. The Kier molecular flexibility index (Phi) is 4.02. The van der Waals surface area contributed by atoms with E-state index < -0.39 is 0 Å². The van der Waals surface area contributed by atoms with Gasteiger partial charge >= 0.3 is 0 Å². The van der Waals surface area contributed by atoms with Gasteiger partial charge in [0.25, 0.3) is 0 Å². The molecular weight excluding hydrogens is 202 g/mol. The topological polar surface area (TPSA) is 45.4 Å². The highest BCUT2D eigenvalue weighted by Gasteiger charge is 2.20. The minimum Gasteiger partial charge on any atom is -0.468 e. The van der Waals surface area contributed by atoms with Crippen molar-refractivity contribution in [1.82, 2.24) is 5.32 Å². The molecule has 2 N–H and O–H groups in total. The van der Waals surface area contributed by atoms with Gasteiger partial charge in [0.2, 0.25) is 0 Å². The third-order valence-corrected chi connectivity index (χ3v) is 3.44. The Balaban J connectivity index is 1.74. The normalized spacial score (nSPS) is 27.9. The Labute approximate surface area is 96.8 Å². The van der Waals surface area contributed by atoms with E-state index in [0.717, 1.165) is 31.6 Å². The van der Waals surface area contributed by atoms with E-state index in [1.807, 2.05) is 12.1 Å². The smallest absolute Gasteiger partial charge is 0.120 e. The Morgan fingerprint density at radius 2 is 2.44 bits per heavy atom. The summed E-state index contributed by atoms with van der Waals surface area (Å²) in [6.45, 7) is 3.08. The Hall–Kier alpha value is -0.800. The summed E-state index contributed by atoms with van der Waals surface area (Å²) in [6, 6.07) is 4.17. The van der Waals surface area contributed by atoms with Crippen molar-refractivity contribution < 1.29 is 9.52 Å². The van der Waals surface area contributed by atoms with Gasteiger partial charge in [0.05, 0.1) is 18.4 Å². The van der Waals surface area contributed by atoms with Crippen molar-refractivity contribution in [3.8, 4) is 0 Å². The maximum absolute atomic E-state index is 9.58. The van der Waals surface area contributed by atoms with Gasteiger partial charge in [-0.1, -0.05) is 6.42 Å². The van der Waals surface area contributed by atoms with Gasteiger partial charge in [-0.2, -0.15) is 0 Å². The summed E-state index contributed by atoms with van der Waals surface area (Å²) in [7, 11) is 0. The molecule has 3 unspecified atom stereocenters. The van der Waals surface area contributed by atoms with E-state index in [4.69, 9.17) is 4.42 Å². The van der Waals surface area contributed by atoms with Crippen molar-refractivity contribution >= 4 is 0 Å². The summed E-state index contributed by atoms with van der Waals surface area (Å²) in [4.78, 5) is 0. The lowest BCUT2D eigenvalue weighted by Crippen LogP contribution is -2.30. The monoisotopic (exact) mass is 223 g/mol. The van der Waals surface area contributed by atoms with Crippen molar-refractivity contribution in [3.63, 3.8) is 0 Å². The van der Waals surface area contributed by atoms with Crippen molar-refractivity contribution in [1.29, 1.82) is 0 Å². The van der Waals surface area contributed by atoms with Crippen LogP contribution in [0.1, 0.15) is 44.4 Å². The first-order valence-electron chi connectivity index (χ1n) is 6.20. The third-order valence-electron chi connectivity index (χ3n) is 3.44. The van der Waals surface area contributed by atoms with Crippen LogP contribution in [0.3, 0.4) is 0 Å². The van der Waals surface area contributed by atoms with Gasteiger partial charge in [-0.05, 0) is 50.8 Å². The Morgan fingerprint density at radius 3 is 3.12 bits per heavy atom. The molecule has 1 aliphatic carbocycles. The summed E-state index contributed by atoms with van der Waals surface area (Å²) >= 11 is 0. The fraction of sp³-hybridized carbons (Fsp3) is 0.692. The number of furan rings is 1. The van der Waals surface area contributed by atoms with Crippen LogP contribution >= 0.6 is 0 Å². The average molecular weight is 223 g/mol. The second kappa shape index (κ2) is 5.51. The highest BCUT2D eigenvalue weighted by atomic mass is 16.3. The molecule has 3 atom stereocenters. The standard InChI is InChI=1S/C13H21NO2/c1-10(13-6-3-7-16-13)14-9-11-4-2-5-12(15)8-11/h3,6-7,10-12,14-15H,2,4-5,8-9H2,1H3. The van der Waals surface area contributed by atoms with E-state index in [0.29, 0.717) is 5.92 Å². The van der Waals surface area contributed by atoms with E-state index in [9.17, 15) is 5.11 Å². The predicted molar refractivity (Wildman–Crippen MR) is 63.1 cm³/mol. The largest absolute Gasteiger partial charge is 0.468 e. The molecule has 1 fully saturated rings. The molecule has 0 aromatic carbocycles. The van der Waals surface area contributed by atoms with Gasteiger partial charge in [-0.15, -0.1) is 0 Å². The lowest BCUT2D eigenvalue weighted by Gasteiger charge is -2.27. The van der Waals surface area contributed by atoms with Crippen LogP contribution in [-0.4, -0.2) is 17.8 Å². The van der Waals surface area contributed by atoms with Crippen molar-refractivity contribution in [2.24, 2.45) is 5.92 Å².